The summed E-state index contributed by atoms with van der Waals surface area (Å²) in [6, 6.07) is 4.37. The molecule has 4 nitrogen and oxygen atoms in total. The first kappa shape index (κ1) is 15.4. The van der Waals surface area contributed by atoms with Gasteiger partial charge in [0.25, 0.3) is 0 Å². The molecule has 0 saturated carbocycles. The van der Waals surface area contributed by atoms with Crippen molar-refractivity contribution in [3.63, 3.8) is 0 Å². The monoisotopic (exact) mass is 316 g/mol. The summed E-state index contributed by atoms with van der Waals surface area (Å²) in [5.41, 5.74) is 1.96. The molecule has 3 heterocycles. The second-order valence-electron chi connectivity index (χ2n) is 6.13. The van der Waals surface area contributed by atoms with Crippen LogP contribution in [0.4, 0.5) is 5.82 Å². The zero-order valence-corrected chi connectivity index (χ0v) is 14.2. The van der Waals surface area contributed by atoms with Crippen molar-refractivity contribution in [3.05, 3.63) is 40.0 Å². The van der Waals surface area contributed by atoms with Crippen molar-refractivity contribution < 1.29 is 0 Å². The van der Waals surface area contributed by atoms with Crippen molar-refractivity contribution in [3.8, 4) is 0 Å². The maximum atomic E-state index is 4.54. The molecule has 1 aliphatic heterocycles. The summed E-state index contributed by atoms with van der Waals surface area (Å²) in [6.07, 6.45) is 4.34. The minimum absolute atomic E-state index is 0.737. The summed E-state index contributed by atoms with van der Waals surface area (Å²) in [7, 11) is 0. The summed E-state index contributed by atoms with van der Waals surface area (Å²) < 4.78 is 0. The number of hydrogen-bond donors (Lipinski definition) is 1. The standard InChI is InChI=1S/C17H24N4S/c1-13-10-18-14(2)17(20-13)19-11-15-5-7-21(8-6-15)12-16-4-3-9-22-16/h3-4,9-10,15H,5-8,11-12H2,1-2H3,(H,19,20). The maximum absolute atomic E-state index is 4.54. The Balaban J connectivity index is 1.45. The van der Waals surface area contributed by atoms with Crippen LogP contribution in [-0.2, 0) is 6.54 Å². The fraction of sp³-hybridized carbons (Fsp3) is 0.529. The highest BCUT2D eigenvalue weighted by molar-refractivity contribution is 7.09. The minimum atomic E-state index is 0.737. The molecule has 1 fully saturated rings. The summed E-state index contributed by atoms with van der Waals surface area (Å²) in [5.74, 6) is 1.68. The molecular weight excluding hydrogens is 292 g/mol. The summed E-state index contributed by atoms with van der Waals surface area (Å²) in [4.78, 5) is 12.9. The van der Waals surface area contributed by atoms with Crippen LogP contribution in [0.5, 0.6) is 0 Å². The van der Waals surface area contributed by atoms with Gasteiger partial charge in [0.05, 0.1) is 11.4 Å². The van der Waals surface area contributed by atoms with Crippen LogP contribution >= 0.6 is 11.3 Å². The van der Waals surface area contributed by atoms with Gasteiger partial charge in [-0.2, -0.15) is 0 Å². The van der Waals surface area contributed by atoms with Crippen molar-refractivity contribution >= 4 is 17.2 Å². The Hall–Kier alpha value is -1.46. The number of anilines is 1. The van der Waals surface area contributed by atoms with E-state index in [4.69, 9.17) is 0 Å². The normalized spacial score (nSPS) is 16.8. The van der Waals surface area contributed by atoms with Gasteiger partial charge in [0, 0.05) is 24.2 Å². The first-order valence-corrected chi connectivity index (χ1v) is 8.87. The molecule has 0 aromatic carbocycles. The Morgan fingerprint density at radius 2 is 2.14 bits per heavy atom. The van der Waals surface area contributed by atoms with Crippen LogP contribution < -0.4 is 5.32 Å². The number of nitrogens with zero attached hydrogens (tertiary/aromatic N) is 3. The third-order valence-electron chi connectivity index (χ3n) is 4.30. The van der Waals surface area contributed by atoms with Crippen molar-refractivity contribution in [1.82, 2.24) is 14.9 Å². The Morgan fingerprint density at radius 3 is 2.86 bits per heavy atom. The average Bonchev–Trinajstić information content (AvgIpc) is 3.03. The number of piperidine rings is 1. The fourth-order valence-corrected chi connectivity index (χ4v) is 3.66. The molecule has 0 radical (unpaired) electrons. The first-order valence-electron chi connectivity index (χ1n) is 7.99. The molecule has 2 aromatic heterocycles. The Kier molecular flexibility index (Phi) is 5.05. The first-order chi connectivity index (χ1) is 10.7. The zero-order chi connectivity index (χ0) is 15.4. The Bertz CT molecular complexity index is 589. The van der Waals surface area contributed by atoms with E-state index < -0.39 is 0 Å². The molecule has 22 heavy (non-hydrogen) atoms. The lowest BCUT2D eigenvalue weighted by molar-refractivity contribution is 0.183. The molecule has 5 heteroatoms. The van der Waals surface area contributed by atoms with Crippen LogP contribution in [-0.4, -0.2) is 34.5 Å². The number of likely N-dealkylation sites (tertiary alicyclic amines) is 1. The predicted octanol–water partition coefficient (Wildman–Crippen LogP) is 3.48. The van der Waals surface area contributed by atoms with E-state index >= 15 is 0 Å². The maximum Gasteiger partial charge on any atom is 0.147 e. The molecule has 1 N–H and O–H groups in total. The van der Waals surface area contributed by atoms with E-state index in [2.05, 4.69) is 37.7 Å². The average molecular weight is 316 g/mol. The van der Waals surface area contributed by atoms with Gasteiger partial charge in [0.2, 0.25) is 0 Å². The van der Waals surface area contributed by atoms with Crippen LogP contribution in [0.15, 0.2) is 23.7 Å². The Morgan fingerprint density at radius 1 is 1.32 bits per heavy atom. The molecule has 0 bridgehead atoms. The van der Waals surface area contributed by atoms with E-state index in [-0.39, 0.29) is 0 Å². The lowest BCUT2D eigenvalue weighted by Crippen LogP contribution is -2.35. The van der Waals surface area contributed by atoms with Gasteiger partial charge in [-0.25, -0.2) is 4.98 Å². The summed E-state index contributed by atoms with van der Waals surface area (Å²) >= 11 is 1.86. The van der Waals surface area contributed by atoms with E-state index in [1.54, 1.807) is 0 Å². The third-order valence-corrected chi connectivity index (χ3v) is 5.16. The molecule has 0 amide bonds. The van der Waals surface area contributed by atoms with Crippen molar-refractivity contribution in [1.29, 1.82) is 0 Å². The molecule has 2 aromatic rings. The van der Waals surface area contributed by atoms with Gasteiger partial charge in [-0.05, 0) is 57.1 Å². The predicted molar refractivity (Wildman–Crippen MR) is 92.3 cm³/mol. The lowest BCUT2D eigenvalue weighted by Gasteiger charge is -2.31. The third kappa shape index (κ3) is 4.05. The number of hydrogen-bond acceptors (Lipinski definition) is 5. The number of nitrogens with one attached hydrogen (secondary N) is 1. The lowest BCUT2D eigenvalue weighted by atomic mass is 9.97. The van der Waals surface area contributed by atoms with E-state index in [9.17, 15) is 0 Å². The summed E-state index contributed by atoms with van der Waals surface area (Å²) in [5, 5.41) is 5.66. The molecular formula is C17H24N4S. The van der Waals surface area contributed by atoms with E-state index in [0.29, 0.717) is 0 Å². The molecule has 1 saturated heterocycles. The largest absolute Gasteiger partial charge is 0.368 e. The van der Waals surface area contributed by atoms with Gasteiger partial charge in [0.15, 0.2) is 0 Å². The van der Waals surface area contributed by atoms with Crippen LogP contribution in [0, 0.1) is 19.8 Å². The van der Waals surface area contributed by atoms with Gasteiger partial charge in [-0.3, -0.25) is 9.88 Å². The topological polar surface area (TPSA) is 41.1 Å². The highest BCUT2D eigenvalue weighted by atomic mass is 32.1. The van der Waals surface area contributed by atoms with Crippen LogP contribution in [0.25, 0.3) is 0 Å². The summed E-state index contributed by atoms with van der Waals surface area (Å²) in [6.45, 7) is 8.51. The molecule has 0 unspecified atom stereocenters. The highest BCUT2D eigenvalue weighted by Gasteiger charge is 2.19. The van der Waals surface area contributed by atoms with Crippen molar-refractivity contribution in [2.75, 3.05) is 25.0 Å². The number of aryl methyl sites for hydroxylation is 2. The zero-order valence-electron chi connectivity index (χ0n) is 13.4. The highest BCUT2D eigenvalue weighted by Crippen LogP contribution is 2.21. The fourth-order valence-electron chi connectivity index (χ4n) is 2.92. The number of rotatable bonds is 5. The number of aromatic nitrogens is 2. The van der Waals surface area contributed by atoms with E-state index in [1.165, 1.54) is 30.8 Å². The second kappa shape index (κ2) is 7.20. The van der Waals surface area contributed by atoms with Crippen LogP contribution in [0.1, 0.15) is 29.1 Å². The van der Waals surface area contributed by atoms with Gasteiger partial charge in [0.1, 0.15) is 5.82 Å². The van der Waals surface area contributed by atoms with Gasteiger partial charge < -0.3 is 5.32 Å². The van der Waals surface area contributed by atoms with Crippen LogP contribution in [0.2, 0.25) is 0 Å². The van der Waals surface area contributed by atoms with Crippen molar-refractivity contribution in [2.45, 2.75) is 33.2 Å². The molecule has 3 rings (SSSR count). The van der Waals surface area contributed by atoms with E-state index in [1.807, 2.05) is 31.4 Å². The van der Waals surface area contributed by atoms with Crippen LogP contribution in [0.3, 0.4) is 0 Å². The second-order valence-corrected chi connectivity index (χ2v) is 7.16. The molecule has 1 aliphatic rings. The molecule has 0 aliphatic carbocycles. The Labute approximate surface area is 136 Å². The quantitative estimate of drug-likeness (QED) is 0.917. The smallest absolute Gasteiger partial charge is 0.147 e. The molecule has 118 valence electrons. The molecule has 0 atom stereocenters. The minimum Gasteiger partial charge on any atom is -0.368 e. The van der Waals surface area contributed by atoms with Gasteiger partial charge >= 0.3 is 0 Å². The van der Waals surface area contributed by atoms with Gasteiger partial charge in [-0.15, -0.1) is 11.3 Å². The van der Waals surface area contributed by atoms with Gasteiger partial charge in [-0.1, -0.05) is 6.07 Å². The molecule has 0 spiro atoms. The van der Waals surface area contributed by atoms with Crippen molar-refractivity contribution in [2.24, 2.45) is 5.92 Å². The SMILES string of the molecule is Cc1cnc(C)c(NCC2CCN(Cc3cccs3)CC2)n1. The number of thiophene rings is 1. The van der Waals surface area contributed by atoms with E-state index in [0.717, 1.165) is 36.2 Å².